The average Bonchev–Trinajstić information content (AvgIpc) is 2.73. The summed E-state index contributed by atoms with van der Waals surface area (Å²) in [5.41, 5.74) is 8.41. The summed E-state index contributed by atoms with van der Waals surface area (Å²) in [6.07, 6.45) is -7.10. The van der Waals surface area contributed by atoms with Gasteiger partial charge < -0.3 is 18.9 Å². The lowest BCUT2D eigenvalue weighted by Gasteiger charge is -2.47. The smallest absolute Gasteiger partial charge is 0.375 e. The molecule has 180 valence electrons. The van der Waals surface area contributed by atoms with Crippen LogP contribution in [0.3, 0.4) is 0 Å². The van der Waals surface area contributed by atoms with Crippen LogP contribution in [0.15, 0.2) is 5.11 Å². The first-order chi connectivity index (χ1) is 14.9. The first-order valence-electron chi connectivity index (χ1n) is 9.89. The van der Waals surface area contributed by atoms with Crippen molar-refractivity contribution in [2.24, 2.45) is 17.0 Å². The Kier molecular flexibility index (Phi) is 9.98. The van der Waals surface area contributed by atoms with Gasteiger partial charge in [-0.05, 0) is 17.9 Å². The van der Waals surface area contributed by atoms with Gasteiger partial charge in [0.15, 0.2) is 12.3 Å². The van der Waals surface area contributed by atoms with Crippen molar-refractivity contribution in [1.29, 1.82) is 0 Å². The number of azide groups is 1. The summed E-state index contributed by atoms with van der Waals surface area (Å²) in [5.74, 6) is -9.85. The number of hydrogen-bond acceptors (Lipinski definition) is 9. The molecule has 0 radical (unpaired) electrons. The van der Waals surface area contributed by atoms with E-state index >= 15 is 8.78 Å². The summed E-state index contributed by atoms with van der Waals surface area (Å²) < 4.78 is 50.4. The van der Waals surface area contributed by atoms with Crippen LogP contribution in [0.25, 0.3) is 10.4 Å². The molecule has 1 aliphatic heterocycles. The van der Waals surface area contributed by atoms with Crippen molar-refractivity contribution >= 4 is 23.7 Å². The van der Waals surface area contributed by atoms with E-state index in [2.05, 4.69) is 14.8 Å². The number of Topliss-reactive ketones (excluding diaryl/α,β-unsaturated/α-hetero) is 1. The van der Waals surface area contributed by atoms with Gasteiger partial charge in [0.2, 0.25) is 0 Å². The van der Waals surface area contributed by atoms with Crippen LogP contribution in [-0.4, -0.2) is 67.7 Å². The third-order valence-electron chi connectivity index (χ3n) is 5.17. The SMILES string of the molecule is CC[C@@H](OC(C)=O)[C@@H](OC(C)=O)C1OC(F)(C(=O)OC)C(F)C(C)C1CC(=O)CN=[N+]=[N-]. The fourth-order valence-electron chi connectivity index (χ4n) is 3.70. The van der Waals surface area contributed by atoms with Crippen LogP contribution in [0.5, 0.6) is 0 Å². The van der Waals surface area contributed by atoms with Crippen LogP contribution in [0.2, 0.25) is 0 Å². The number of methoxy groups -OCH3 is 1. The quantitative estimate of drug-likeness (QED) is 0.157. The number of esters is 3. The highest BCUT2D eigenvalue weighted by Crippen LogP contribution is 2.44. The molecule has 11 nitrogen and oxygen atoms in total. The molecule has 1 saturated heterocycles. The second-order valence-corrected chi connectivity index (χ2v) is 7.41. The van der Waals surface area contributed by atoms with Crippen LogP contribution in [0.4, 0.5) is 8.78 Å². The predicted octanol–water partition coefficient (Wildman–Crippen LogP) is 2.36. The summed E-state index contributed by atoms with van der Waals surface area (Å²) in [6, 6.07) is 0. The van der Waals surface area contributed by atoms with Gasteiger partial charge in [0, 0.05) is 31.1 Å². The zero-order valence-corrected chi connectivity index (χ0v) is 18.4. The second kappa shape index (κ2) is 11.7. The topological polar surface area (TPSA) is 154 Å². The normalized spacial score (nSPS) is 29.1. The van der Waals surface area contributed by atoms with Gasteiger partial charge in [-0.15, -0.1) is 0 Å². The van der Waals surface area contributed by atoms with Crippen molar-refractivity contribution in [2.45, 2.75) is 70.9 Å². The minimum absolute atomic E-state index is 0.0850. The van der Waals surface area contributed by atoms with E-state index in [1.807, 2.05) is 0 Å². The number of ketones is 1. The first-order valence-corrected chi connectivity index (χ1v) is 9.89. The first kappa shape index (κ1) is 27.2. The molecule has 32 heavy (non-hydrogen) atoms. The Hall–Kier alpha value is -2.79. The summed E-state index contributed by atoms with van der Waals surface area (Å²) in [6.45, 7) is 4.42. The third kappa shape index (κ3) is 6.36. The van der Waals surface area contributed by atoms with E-state index in [9.17, 15) is 19.2 Å². The minimum Gasteiger partial charge on any atom is -0.465 e. The summed E-state index contributed by atoms with van der Waals surface area (Å²) in [7, 11) is 0.839. The fourth-order valence-corrected chi connectivity index (χ4v) is 3.70. The molecular weight excluding hydrogens is 436 g/mol. The van der Waals surface area contributed by atoms with Crippen molar-refractivity contribution < 1.29 is 46.9 Å². The zero-order chi connectivity index (χ0) is 24.6. The molecular formula is C19H27F2N3O8. The van der Waals surface area contributed by atoms with Gasteiger partial charge in [-0.25, -0.2) is 9.18 Å². The van der Waals surface area contributed by atoms with Gasteiger partial charge in [-0.2, -0.15) is 4.39 Å². The Labute approximate surface area is 183 Å². The number of halogens is 2. The van der Waals surface area contributed by atoms with Gasteiger partial charge in [-0.3, -0.25) is 14.4 Å². The molecule has 1 heterocycles. The summed E-state index contributed by atoms with van der Waals surface area (Å²) >= 11 is 0. The van der Waals surface area contributed by atoms with Crippen LogP contribution >= 0.6 is 0 Å². The van der Waals surface area contributed by atoms with E-state index in [1.165, 1.54) is 6.92 Å². The van der Waals surface area contributed by atoms with E-state index < -0.39 is 78.8 Å². The molecule has 0 bridgehead atoms. The largest absolute Gasteiger partial charge is 0.465 e. The molecule has 0 aromatic rings. The van der Waals surface area contributed by atoms with Gasteiger partial charge in [0.25, 0.3) is 0 Å². The Morgan fingerprint density at radius 1 is 1.22 bits per heavy atom. The van der Waals surface area contributed by atoms with Gasteiger partial charge in [0.05, 0.1) is 13.7 Å². The molecule has 0 spiro atoms. The molecule has 1 aliphatic rings. The highest BCUT2D eigenvalue weighted by atomic mass is 19.2. The van der Waals surface area contributed by atoms with Crippen molar-refractivity contribution in [3.63, 3.8) is 0 Å². The predicted molar refractivity (Wildman–Crippen MR) is 103 cm³/mol. The number of carbonyl (C=O) groups excluding carboxylic acids is 4. The third-order valence-corrected chi connectivity index (χ3v) is 5.17. The molecule has 13 heteroatoms. The highest BCUT2D eigenvalue weighted by Gasteiger charge is 2.62. The molecule has 0 saturated carbocycles. The number of rotatable bonds is 10. The van der Waals surface area contributed by atoms with Crippen molar-refractivity contribution in [3.8, 4) is 0 Å². The maximum absolute atomic E-state index is 15.4. The molecule has 0 amide bonds. The standard InChI is InChI=1S/C19H27F2N3O8/c1-6-14(30-10(3)25)16(31-11(4)26)15-13(7-12(27)8-23-24-22)9(2)17(20)19(21,32-15)18(28)29-5/h9,13-17H,6-8H2,1-5H3/t9?,13?,14-,15?,16-,17?,19?/m1/s1. The second-order valence-electron chi connectivity index (χ2n) is 7.41. The van der Waals surface area contributed by atoms with Crippen LogP contribution in [0.1, 0.15) is 40.5 Å². The van der Waals surface area contributed by atoms with Crippen LogP contribution in [0, 0.1) is 11.8 Å². The maximum Gasteiger partial charge on any atom is 0.375 e. The molecule has 1 rings (SSSR count). The number of carbonyl (C=O) groups is 4. The Balaban J connectivity index is 3.53. The summed E-state index contributed by atoms with van der Waals surface area (Å²) in [4.78, 5) is 50.1. The van der Waals surface area contributed by atoms with Gasteiger partial charge in [-0.1, -0.05) is 19.0 Å². The Morgan fingerprint density at radius 3 is 2.28 bits per heavy atom. The monoisotopic (exact) mass is 463 g/mol. The van der Waals surface area contributed by atoms with E-state index in [0.29, 0.717) is 0 Å². The van der Waals surface area contributed by atoms with Crippen molar-refractivity contribution in [2.75, 3.05) is 13.7 Å². The molecule has 0 aromatic carbocycles. The van der Waals surface area contributed by atoms with E-state index in [4.69, 9.17) is 19.7 Å². The maximum atomic E-state index is 15.4. The van der Waals surface area contributed by atoms with Gasteiger partial charge >= 0.3 is 23.8 Å². The number of nitrogens with zero attached hydrogens (tertiary/aromatic N) is 3. The number of ether oxygens (including phenoxy) is 4. The summed E-state index contributed by atoms with van der Waals surface area (Å²) in [5, 5.41) is 3.15. The van der Waals surface area contributed by atoms with Crippen LogP contribution in [-0.2, 0) is 38.1 Å². The molecule has 5 unspecified atom stereocenters. The average molecular weight is 463 g/mol. The minimum atomic E-state index is -3.56. The fraction of sp³-hybridized carbons (Fsp3) is 0.789. The van der Waals surface area contributed by atoms with Crippen molar-refractivity contribution in [1.82, 2.24) is 0 Å². The Bertz CT molecular complexity index is 776. The van der Waals surface area contributed by atoms with Crippen molar-refractivity contribution in [3.05, 3.63) is 10.4 Å². The van der Waals surface area contributed by atoms with Crippen LogP contribution < -0.4 is 0 Å². The lowest BCUT2D eigenvalue weighted by Crippen LogP contribution is -2.63. The van der Waals surface area contributed by atoms with E-state index in [0.717, 1.165) is 21.0 Å². The highest BCUT2D eigenvalue weighted by molar-refractivity contribution is 5.81. The van der Waals surface area contributed by atoms with Gasteiger partial charge in [0.1, 0.15) is 18.0 Å². The molecule has 0 N–H and O–H groups in total. The molecule has 7 atom stereocenters. The Morgan fingerprint density at radius 2 is 1.81 bits per heavy atom. The molecule has 0 aromatic heterocycles. The van der Waals surface area contributed by atoms with E-state index in [1.54, 1.807) is 6.92 Å². The number of alkyl halides is 2. The number of hydrogen-bond donors (Lipinski definition) is 0. The van der Waals surface area contributed by atoms with E-state index in [-0.39, 0.29) is 6.42 Å². The molecule has 1 fully saturated rings. The zero-order valence-electron chi connectivity index (χ0n) is 18.4. The lowest BCUT2D eigenvalue weighted by atomic mass is 9.74. The lowest BCUT2D eigenvalue weighted by molar-refractivity contribution is -0.295. The molecule has 0 aliphatic carbocycles.